The van der Waals surface area contributed by atoms with Gasteiger partial charge in [0.1, 0.15) is 0 Å². The number of para-hydroxylation sites is 1. The Bertz CT molecular complexity index is 873. The third kappa shape index (κ3) is 2.67. The summed E-state index contributed by atoms with van der Waals surface area (Å²) in [5.41, 5.74) is 4.65. The number of aromatic nitrogens is 4. The number of hydrogen-bond donors (Lipinski definition) is 2. The molecule has 0 fully saturated rings. The fraction of sp³-hybridized carbons (Fsp3) is 0.222. The van der Waals surface area contributed by atoms with Crippen molar-refractivity contribution in [1.82, 2.24) is 20.6 Å². The monoisotopic (exact) mass is 319 g/mol. The minimum atomic E-state index is -0.0929. The van der Waals surface area contributed by atoms with Gasteiger partial charge in [-0.1, -0.05) is 24.3 Å². The molecule has 0 radical (unpaired) electrons. The fourth-order valence-corrected chi connectivity index (χ4v) is 3.25. The van der Waals surface area contributed by atoms with Crippen LogP contribution < -0.4 is 5.32 Å². The Hall–Kier alpha value is -3.02. The van der Waals surface area contributed by atoms with Crippen molar-refractivity contribution in [2.24, 2.45) is 0 Å². The second kappa shape index (κ2) is 6.23. The van der Waals surface area contributed by atoms with E-state index in [1.54, 1.807) is 0 Å². The number of carbonyl (C=O) groups is 1. The smallest absolute Gasteiger partial charge is 0.255 e. The highest BCUT2D eigenvalue weighted by Gasteiger charge is 2.19. The number of aryl methyl sites for hydroxylation is 1. The van der Waals surface area contributed by atoms with Crippen LogP contribution in [0.15, 0.2) is 42.5 Å². The summed E-state index contributed by atoms with van der Waals surface area (Å²) in [6, 6.07) is 13.4. The molecule has 0 spiro atoms. The van der Waals surface area contributed by atoms with Gasteiger partial charge in [-0.05, 0) is 60.2 Å². The van der Waals surface area contributed by atoms with Crippen LogP contribution in [0.4, 0.5) is 5.69 Å². The number of carbonyl (C=O) groups excluding carboxylic acids is 1. The lowest BCUT2D eigenvalue weighted by Gasteiger charge is -2.19. The number of aromatic amines is 1. The predicted molar refractivity (Wildman–Crippen MR) is 90.7 cm³/mol. The molecule has 1 aliphatic carbocycles. The molecule has 1 aliphatic rings. The first-order valence-corrected chi connectivity index (χ1v) is 8.08. The van der Waals surface area contributed by atoms with Crippen molar-refractivity contribution in [3.63, 3.8) is 0 Å². The molecule has 0 aliphatic heterocycles. The van der Waals surface area contributed by atoms with E-state index in [1.807, 2.05) is 36.4 Å². The number of tetrazole rings is 1. The number of benzene rings is 2. The maximum absolute atomic E-state index is 12.8. The zero-order valence-corrected chi connectivity index (χ0v) is 13.1. The maximum Gasteiger partial charge on any atom is 0.255 e. The van der Waals surface area contributed by atoms with Crippen LogP contribution in [0.25, 0.3) is 11.4 Å². The van der Waals surface area contributed by atoms with E-state index in [0.717, 1.165) is 30.4 Å². The van der Waals surface area contributed by atoms with Gasteiger partial charge in [0.2, 0.25) is 5.82 Å². The number of nitrogens with one attached hydrogen (secondary N) is 2. The van der Waals surface area contributed by atoms with E-state index in [2.05, 4.69) is 32.0 Å². The summed E-state index contributed by atoms with van der Waals surface area (Å²) >= 11 is 0. The van der Waals surface area contributed by atoms with Gasteiger partial charge in [-0.2, -0.15) is 5.21 Å². The SMILES string of the molecule is O=C(Nc1ccccc1-c1nn[nH]n1)c1cccc2c1CCCC2. The van der Waals surface area contributed by atoms with E-state index in [1.165, 1.54) is 17.5 Å². The van der Waals surface area contributed by atoms with Crippen molar-refractivity contribution in [3.8, 4) is 11.4 Å². The van der Waals surface area contributed by atoms with Crippen LogP contribution in [0.1, 0.15) is 34.3 Å². The summed E-state index contributed by atoms with van der Waals surface area (Å²) in [5, 5.41) is 17.0. The van der Waals surface area contributed by atoms with Gasteiger partial charge < -0.3 is 5.32 Å². The molecule has 3 aromatic rings. The van der Waals surface area contributed by atoms with Gasteiger partial charge in [0, 0.05) is 11.1 Å². The molecule has 1 amide bonds. The van der Waals surface area contributed by atoms with E-state index in [-0.39, 0.29) is 5.91 Å². The Morgan fingerprint density at radius 1 is 1.04 bits per heavy atom. The normalized spacial score (nSPS) is 13.3. The van der Waals surface area contributed by atoms with E-state index in [9.17, 15) is 4.79 Å². The van der Waals surface area contributed by atoms with Crippen LogP contribution in [-0.4, -0.2) is 26.5 Å². The maximum atomic E-state index is 12.8. The predicted octanol–water partition coefficient (Wildman–Crippen LogP) is 3.00. The first-order valence-electron chi connectivity index (χ1n) is 8.08. The Labute approximate surface area is 139 Å². The highest BCUT2D eigenvalue weighted by Crippen LogP contribution is 2.27. The van der Waals surface area contributed by atoms with Gasteiger partial charge >= 0.3 is 0 Å². The van der Waals surface area contributed by atoms with Crippen molar-refractivity contribution in [2.75, 3.05) is 5.32 Å². The van der Waals surface area contributed by atoms with E-state index >= 15 is 0 Å². The summed E-state index contributed by atoms with van der Waals surface area (Å²) in [6.45, 7) is 0. The quantitative estimate of drug-likeness (QED) is 0.777. The molecule has 0 saturated carbocycles. The molecule has 24 heavy (non-hydrogen) atoms. The molecule has 120 valence electrons. The lowest BCUT2D eigenvalue weighted by molar-refractivity contribution is 0.102. The van der Waals surface area contributed by atoms with Crippen molar-refractivity contribution in [2.45, 2.75) is 25.7 Å². The van der Waals surface area contributed by atoms with Crippen LogP contribution in [0, 0.1) is 0 Å². The van der Waals surface area contributed by atoms with Gasteiger partial charge in [0.05, 0.1) is 5.69 Å². The minimum Gasteiger partial charge on any atom is -0.321 e. The molecule has 1 heterocycles. The summed E-state index contributed by atoms with van der Waals surface area (Å²) in [5.74, 6) is 0.366. The van der Waals surface area contributed by atoms with Crippen LogP contribution in [0.3, 0.4) is 0 Å². The van der Waals surface area contributed by atoms with Gasteiger partial charge in [-0.25, -0.2) is 0 Å². The zero-order valence-electron chi connectivity index (χ0n) is 13.1. The zero-order chi connectivity index (χ0) is 16.4. The van der Waals surface area contributed by atoms with Crippen molar-refractivity contribution in [1.29, 1.82) is 0 Å². The summed E-state index contributed by atoms with van der Waals surface area (Å²) in [6.07, 6.45) is 4.34. The van der Waals surface area contributed by atoms with E-state index in [0.29, 0.717) is 11.5 Å². The van der Waals surface area contributed by atoms with Gasteiger partial charge in [0.15, 0.2) is 0 Å². The van der Waals surface area contributed by atoms with Crippen molar-refractivity contribution < 1.29 is 4.79 Å². The number of anilines is 1. The van der Waals surface area contributed by atoms with Crippen LogP contribution in [-0.2, 0) is 12.8 Å². The van der Waals surface area contributed by atoms with E-state index in [4.69, 9.17) is 0 Å². The molecule has 6 nitrogen and oxygen atoms in total. The summed E-state index contributed by atoms with van der Waals surface area (Å²) < 4.78 is 0. The number of nitrogens with zero attached hydrogens (tertiary/aromatic N) is 3. The highest BCUT2D eigenvalue weighted by molar-refractivity contribution is 6.07. The van der Waals surface area contributed by atoms with Crippen molar-refractivity contribution >= 4 is 11.6 Å². The number of fused-ring (bicyclic) bond motifs is 1. The average Bonchev–Trinajstić information content (AvgIpc) is 3.16. The minimum absolute atomic E-state index is 0.0929. The first-order chi connectivity index (χ1) is 11.8. The third-order valence-corrected chi connectivity index (χ3v) is 4.40. The number of H-pyrrole nitrogens is 1. The second-order valence-corrected chi connectivity index (χ2v) is 5.89. The van der Waals surface area contributed by atoms with Gasteiger partial charge in [-0.3, -0.25) is 4.79 Å². The molecular weight excluding hydrogens is 302 g/mol. The Morgan fingerprint density at radius 3 is 2.79 bits per heavy atom. The lowest BCUT2D eigenvalue weighted by Crippen LogP contribution is -2.17. The molecule has 0 atom stereocenters. The lowest BCUT2D eigenvalue weighted by atomic mass is 9.88. The fourth-order valence-electron chi connectivity index (χ4n) is 3.25. The highest BCUT2D eigenvalue weighted by atomic mass is 16.1. The first kappa shape index (κ1) is 14.6. The topological polar surface area (TPSA) is 83.6 Å². The van der Waals surface area contributed by atoms with Crippen LogP contribution in [0.2, 0.25) is 0 Å². The Balaban J connectivity index is 1.67. The second-order valence-electron chi connectivity index (χ2n) is 5.89. The van der Waals surface area contributed by atoms with Crippen LogP contribution in [0.5, 0.6) is 0 Å². The molecule has 0 bridgehead atoms. The Morgan fingerprint density at radius 2 is 1.92 bits per heavy atom. The van der Waals surface area contributed by atoms with E-state index < -0.39 is 0 Å². The largest absolute Gasteiger partial charge is 0.321 e. The molecule has 2 N–H and O–H groups in total. The van der Waals surface area contributed by atoms with Crippen molar-refractivity contribution in [3.05, 3.63) is 59.2 Å². The number of rotatable bonds is 3. The summed E-state index contributed by atoms with van der Waals surface area (Å²) in [7, 11) is 0. The average molecular weight is 319 g/mol. The van der Waals surface area contributed by atoms with Gasteiger partial charge in [0.25, 0.3) is 5.91 Å². The molecule has 1 aromatic heterocycles. The number of amides is 1. The summed E-state index contributed by atoms with van der Waals surface area (Å²) in [4.78, 5) is 12.8. The number of hydrogen-bond acceptors (Lipinski definition) is 4. The third-order valence-electron chi connectivity index (χ3n) is 4.40. The standard InChI is InChI=1S/C18H17N5O/c24-18(14-10-5-7-12-6-1-2-8-13(12)14)19-16-11-4-3-9-15(16)17-20-22-23-21-17/h3-5,7,9-11H,1-2,6,8H2,(H,19,24)(H,20,21,22,23). The van der Waals surface area contributed by atoms with Gasteiger partial charge in [-0.15, -0.1) is 10.2 Å². The van der Waals surface area contributed by atoms with Crippen LogP contribution >= 0.6 is 0 Å². The Kier molecular flexibility index (Phi) is 3.78. The molecular formula is C18H17N5O. The molecule has 2 aromatic carbocycles. The molecule has 0 saturated heterocycles. The molecule has 6 heteroatoms. The molecule has 4 rings (SSSR count). The molecule has 0 unspecified atom stereocenters.